The summed E-state index contributed by atoms with van der Waals surface area (Å²) in [5.41, 5.74) is -0.721. The Hall–Kier alpha value is -1.68. The molecule has 0 N–H and O–H groups in total. The molecule has 2 aromatic rings. The normalized spacial score (nSPS) is 20.4. The van der Waals surface area contributed by atoms with Crippen LogP contribution in [-0.4, -0.2) is 10.6 Å². The maximum Gasteiger partial charge on any atom is 0.487 e. The van der Waals surface area contributed by atoms with E-state index in [2.05, 4.69) is 22.7 Å². The molecule has 0 aliphatic heterocycles. The van der Waals surface area contributed by atoms with E-state index in [1.165, 1.54) is 62.6 Å². The molecule has 1 aromatic carbocycles. The highest BCUT2D eigenvalue weighted by Crippen LogP contribution is 2.38. The van der Waals surface area contributed by atoms with Crippen LogP contribution in [0.2, 0.25) is 0 Å². The highest BCUT2D eigenvalue weighted by atomic mass is 35.5. The summed E-state index contributed by atoms with van der Waals surface area (Å²) in [6.45, 7) is 2.26. The van der Waals surface area contributed by atoms with Gasteiger partial charge >= 0.3 is 5.57 Å². The Balaban J connectivity index is 1.59. The van der Waals surface area contributed by atoms with Crippen LogP contribution >= 0.6 is 11.6 Å². The lowest BCUT2D eigenvalue weighted by Crippen LogP contribution is -2.15. The molecule has 1 aliphatic rings. The van der Waals surface area contributed by atoms with E-state index in [0.29, 0.717) is 5.92 Å². The maximum atomic E-state index is 12.7. The van der Waals surface area contributed by atoms with Gasteiger partial charge in [-0.05, 0) is 73.4 Å². The number of pyridine rings is 1. The van der Waals surface area contributed by atoms with Gasteiger partial charge in [0.2, 0.25) is 0 Å². The predicted octanol–water partition coefficient (Wildman–Crippen LogP) is 7.38. The Morgan fingerprint density at radius 1 is 1.07 bits per heavy atom. The van der Waals surface area contributed by atoms with Crippen molar-refractivity contribution in [1.29, 1.82) is 0 Å². The molecule has 0 amide bonds. The summed E-state index contributed by atoms with van der Waals surface area (Å²) in [5, 5.41) is 0. The minimum Gasteiger partial charge on any atom is -0.420 e. The van der Waals surface area contributed by atoms with Gasteiger partial charge in [0.25, 0.3) is 0 Å². The first kappa shape index (κ1) is 20.1. The van der Waals surface area contributed by atoms with Crippen molar-refractivity contribution in [2.45, 2.75) is 63.4 Å². The summed E-state index contributed by atoms with van der Waals surface area (Å²) in [5.74, 6) is 1.52. The summed E-state index contributed by atoms with van der Waals surface area (Å²) in [6.07, 6.45) is 11.1. The van der Waals surface area contributed by atoms with Gasteiger partial charge in [0.1, 0.15) is 5.75 Å². The molecule has 0 saturated heterocycles. The number of halogens is 3. The summed E-state index contributed by atoms with van der Waals surface area (Å²) in [7, 11) is 0. The monoisotopic (exact) mass is 393 g/mol. The second-order valence-electron chi connectivity index (χ2n) is 7.41. The van der Waals surface area contributed by atoms with E-state index >= 15 is 0 Å². The van der Waals surface area contributed by atoms with Crippen LogP contribution in [0.25, 0.3) is 11.3 Å². The third-order valence-electron chi connectivity index (χ3n) is 5.45. The molecule has 1 fully saturated rings. The van der Waals surface area contributed by atoms with Gasteiger partial charge in [0.15, 0.2) is 0 Å². The van der Waals surface area contributed by atoms with E-state index in [9.17, 15) is 8.78 Å². The topological polar surface area (TPSA) is 22.1 Å². The molecule has 0 atom stereocenters. The van der Waals surface area contributed by atoms with Gasteiger partial charge in [-0.2, -0.15) is 0 Å². The minimum atomic E-state index is -3.70. The second kappa shape index (κ2) is 9.01. The van der Waals surface area contributed by atoms with Gasteiger partial charge < -0.3 is 4.74 Å². The number of ether oxygens (including phenoxy) is 1. The van der Waals surface area contributed by atoms with Gasteiger partial charge in [-0.1, -0.05) is 32.3 Å². The standard InChI is InChI=1S/C22H26ClF2NO/c1-2-3-4-16-5-7-17(8-6-16)19-11-14-21(26-15-19)18-9-12-20(13-10-18)27-22(23,24)25/h9-17H,2-8H2,1H3. The van der Waals surface area contributed by atoms with Crippen molar-refractivity contribution in [3.8, 4) is 17.0 Å². The first-order chi connectivity index (χ1) is 12.9. The zero-order valence-corrected chi connectivity index (χ0v) is 16.4. The molecule has 1 aliphatic carbocycles. The number of alkyl halides is 3. The van der Waals surface area contributed by atoms with Crippen LogP contribution in [0.4, 0.5) is 8.78 Å². The third-order valence-corrected chi connectivity index (χ3v) is 5.53. The molecule has 0 bridgehead atoms. The predicted molar refractivity (Wildman–Crippen MR) is 105 cm³/mol. The van der Waals surface area contributed by atoms with Crippen LogP contribution in [0, 0.1) is 5.92 Å². The van der Waals surface area contributed by atoms with Crippen molar-refractivity contribution in [3.05, 3.63) is 48.2 Å². The molecule has 0 unspecified atom stereocenters. The van der Waals surface area contributed by atoms with Gasteiger partial charge in [-0.15, -0.1) is 8.78 Å². The van der Waals surface area contributed by atoms with Crippen LogP contribution in [0.1, 0.15) is 63.4 Å². The molecule has 1 heterocycles. The Bertz CT molecular complexity index is 705. The molecule has 2 nitrogen and oxygen atoms in total. The van der Waals surface area contributed by atoms with Crippen molar-refractivity contribution in [2.75, 3.05) is 0 Å². The van der Waals surface area contributed by atoms with Crippen molar-refractivity contribution in [1.82, 2.24) is 4.98 Å². The molecule has 5 heteroatoms. The summed E-state index contributed by atoms with van der Waals surface area (Å²) in [4.78, 5) is 4.58. The van der Waals surface area contributed by atoms with Gasteiger partial charge in [0, 0.05) is 23.4 Å². The SMILES string of the molecule is CCCCC1CCC(c2ccc(-c3ccc(OC(F)(F)Cl)cc3)nc2)CC1. The molecule has 0 radical (unpaired) electrons. The molecular weight excluding hydrogens is 368 g/mol. The molecule has 3 rings (SSSR count). The molecule has 1 saturated carbocycles. The van der Waals surface area contributed by atoms with E-state index in [4.69, 9.17) is 11.6 Å². The van der Waals surface area contributed by atoms with Gasteiger partial charge in [-0.3, -0.25) is 4.98 Å². The van der Waals surface area contributed by atoms with Gasteiger partial charge in [0.05, 0.1) is 5.69 Å². The molecule has 146 valence electrons. The lowest BCUT2D eigenvalue weighted by Gasteiger charge is -2.28. The summed E-state index contributed by atoms with van der Waals surface area (Å²) < 4.78 is 29.7. The van der Waals surface area contributed by atoms with Crippen LogP contribution in [-0.2, 0) is 0 Å². The number of unbranched alkanes of at least 4 members (excludes halogenated alkanes) is 1. The van der Waals surface area contributed by atoms with Crippen LogP contribution < -0.4 is 4.74 Å². The molecule has 27 heavy (non-hydrogen) atoms. The number of nitrogens with zero attached hydrogens (tertiary/aromatic N) is 1. The Morgan fingerprint density at radius 3 is 2.33 bits per heavy atom. The van der Waals surface area contributed by atoms with E-state index < -0.39 is 5.57 Å². The number of hydrogen-bond acceptors (Lipinski definition) is 2. The number of rotatable bonds is 7. The number of benzene rings is 1. The third kappa shape index (κ3) is 5.90. The van der Waals surface area contributed by atoms with Crippen molar-refractivity contribution in [3.63, 3.8) is 0 Å². The van der Waals surface area contributed by atoms with Gasteiger partial charge in [-0.25, -0.2) is 0 Å². The number of hydrogen-bond donors (Lipinski definition) is 0. The fourth-order valence-corrected chi connectivity index (χ4v) is 4.01. The molecular formula is C22H26ClF2NO. The first-order valence-corrected chi connectivity index (χ1v) is 10.1. The number of aromatic nitrogens is 1. The Kier molecular flexibility index (Phi) is 6.69. The van der Waals surface area contributed by atoms with Crippen molar-refractivity contribution < 1.29 is 13.5 Å². The smallest absolute Gasteiger partial charge is 0.420 e. The Morgan fingerprint density at radius 2 is 1.78 bits per heavy atom. The highest BCUT2D eigenvalue weighted by molar-refractivity contribution is 6.20. The Labute approximate surface area is 164 Å². The zero-order chi connectivity index (χ0) is 19.3. The van der Waals surface area contributed by atoms with E-state index in [0.717, 1.165) is 17.2 Å². The zero-order valence-electron chi connectivity index (χ0n) is 15.6. The van der Waals surface area contributed by atoms with Crippen molar-refractivity contribution in [2.24, 2.45) is 5.92 Å². The fourth-order valence-electron chi connectivity index (χ4n) is 3.92. The van der Waals surface area contributed by atoms with E-state index in [1.807, 2.05) is 12.3 Å². The average Bonchev–Trinajstić information content (AvgIpc) is 2.66. The van der Waals surface area contributed by atoms with Crippen LogP contribution in [0.5, 0.6) is 5.75 Å². The van der Waals surface area contributed by atoms with Crippen LogP contribution in [0.3, 0.4) is 0 Å². The minimum absolute atomic E-state index is 0.0233. The average molecular weight is 394 g/mol. The summed E-state index contributed by atoms with van der Waals surface area (Å²) in [6, 6.07) is 10.5. The largest absolute Gasteiger partial charge is 0.487 e. The van der Waals surface area contributed by atoms with E-state index in [1.54, 1.807) is 12.1 Å². The highest BCUT2D eigenvalue weighted by Gasteiger charge is 2.27. The van der Waals surface area contributed by atoms with Crippen LogP contribution in [0.15, 0.2) is 42.6 Å². The maximum absolute atomic E-state index is 12.7. The lowest BCUT2D eigenvalue weighted by atomic mass is 9.77. The fraction of sp³-hybridized carbons (Fsp3) is 0.500. The second-order valence-corrected chi connectivity index (χ2v) is 7.85. The van der Waals surface area contributed by atoms with Crippen molar-refractivity contribution >= 4 is 11.6 Å². The summed E-state index contributed by atoms with van der Waals surface area (Å²) >= 11 is 4.78. The lowest BCUT2D eigenvalue weighted by molar-refractivity contribution is -0.0964. The quantitative estimate of drug-likeness (QED) is 0.458. The molecule has 1 aromatic heterocycles. The first-order valence-electron chi connectivity index (χ1n) is 9.76. The van der Waals surface area contributed by atoms with E-state index in [-0.39, 0.29) is 5.75 Å². The molecule has 0 spiro atoms.